The van der Waals surface area contributed by atoms with Crippen molar-refractivity contribution in [1.29, 1.82) is 0 Å². The molecule has 0 aromatic heterocycles. The summed E-state index contributed by atoms with van der Waals surface area (Å²) >= 11 is 0. The van der Waals surface area contributed by atoms with Gasteiger partial charge in [-0.1, -0.05) is 6.08 Å². The number of hydrogen-bond acceptors (Lipinski definition) is 6. The van der Waals surface area contributed by atoms with Gasteiger partial charge in [0, 0.05) is 31.0 Å². The Kier molecular flexibility index (Phi) is 4.98. The number of rotatable bonds is 5. The van der Waals surface area contributed by atoms with Crippen molar-refractivity contribution in [3.8, 4) is 0 Å². The Morgan fingerprint density at radius 3 is 2.36 bits per heavy atom. The van der Waals surface area contributed by atoms with Gasteiger partial charge in [-0.05, 0) is 24.3 Å². The second-order valence-electron chi connectivity index (χ2n) is 5.92. The summed E-state index contributed by atoms with van der Waals surface area (Å²) in [4.78, 5) is 16.8. The fraction of sp³-hybridized carbons (Fsp3) is 0.438. The molecule has 9 heteroatoms. The van der Waals surface area contributed by atoms with Crippen molar-refractivity contribution in [2.75, 3.05) is 49.2 Å². The number of carbonyl (C=O) groups excluding carboxylic acids is 1. The number of nitrogens with zero attached hydrogens (tertiary/aromatic N) is 3. The number of hydrogen-bond donors (Lipinski definition) is 1. The lowest BCUT2D eigenvalue weighted by molar-refractivity contribution is -0.126. The first-order valence-corrected chi connectivity index (χ1v) is 9.48. The van der Waals surface area contributed by atoms with E-state index in [1.54, 1.807) is 12.1 Å². The molecule has 0 radical (unpaired) electrons. The molecule has 2 heterocycles. The van der Waals surface area contributed by atoms with Crippen LogP contribution in [0, 0.1) is 0 Å². The molecule has 1 N–H and O–H groups in total. The Hall–Kier alpha value is -2.10. The number of anilines is 2. The molecule has 0 saturated carbocycles. The number of morpholine rings is 1. The maximum absolute atomic E-state index is 12.2. The molecule has 25 heavy (non-hydrogen) atoms. The molecule has 0 bridgehead atoms. The Morgan fingerprint density at radius 1 is 1.20 bits per heavy atom. The third-order valence-corrected chi connectivity index (χ3v) is 5.35. The average molecular weight is 367 g/mol. The maximum atomic E-state index is 12.2. The van der Waals surface area contributed by atoms with Crippen molar-refractivity contribution in [3.63, 3.8) is 0 Å². The molecular formula is C16H21N3O5S. The first-order chi connectivity index (χ1) is 11.9. The summed E-state index contributed by atoms with van der Waals surface area (Å²) in [6.07, 6.45) is 1.43. The second kappa shape index (κ2) is 7.03. The monoisotopic (exact) mass is 367 g/mol. The number of ether oxygens (including phenoxy) is 1. The van der Waals surface area contributed by atoms with Gasteiger partial charge in [-0.15, -0.1) is 6.58 Å². The molecule has 2 fully saturated rings. The molecule has 136 valence electrons. The largest absolute Gasteiger partial charge is 0.378 e. The number of amides is 1. The van der Waals surface area contributed by atoms with Crippen LogP contribution in [0.3, 0.4) is 0 Å². The first-order valence-electron chi connectivity index (χ1n) is 7.98. The summed E-state index contributed by atoms with van der Waals surface area (Å²) < 4.78 is 38.6. The summed E-state index contributed by atoms with van der Waals surface area (Å²) in [6, 6.07) is 7.27. The van der Waals surface area contributed by atoms with Crippen LogP contribution in [0.4, 0.5) is 11.4 Å². The topological polar surface area (TPSA) is 90.4 Å². The quantitative estimate of drug-likeness (QED) is 0.600. The van der Waals surface area contributed by atoms with Crippen LogP contribution in [0.15, 0.2) is 36.9 Å². The first kappa shape index (κ1) is 17.7. The van der Waals surface area contributed by atoms with Crippen LogP contribution in [0.25, 0.3) is 0 Å². The lowest BCUT2D eigenvalue weighted by atomic mass is 10.2. The molecular weight excluding hydrogens is 346 g/mol. The molecule has 2 saturated heterocycles. The predicted molar refractivity (Wildman–Crippen MR) is 94.1 cm³/mol. The van der Waals surface area contributed by atoms with E-state index in [4.69, 9.17) is 4.74 Å². The minimum absolute atomic E-state index is 0.0473. The highest BCUT2D eigenvalue weighted by atomic mass is 32.2. The molecule has 3 rings (SSSR count). The fourth-order valence-electron chi connectivity index (χ4n) is 3.15. The molecule has 2 aliphatic rings. The van der Waals surface area contributed by atoms with E-state index in [0.717, 1.165) is 23.7 Å². The van der Waals surface area contributed by atoms with Gasteiger partial charge in [0.25, 0.3) is 0 Å². The van der Waals surface area contributed by atoms with E-state index in [0.29, 0.717) is 18.9 Å². The van der Waals surface area contributed by atoms with Crippen molar-refractivity contribution in [1.82, 2.24) is 4.90 Å². The Bertz CT molecular complexity index is 744. The van der Waals surface area contributed by atoms with Crippen molar-refractivity contribution < 1.29 is 22.5 Å². The molecule has 2 aliphatic heterocycles. The van der Waals surface area contributed by atoms with E-state index < -0.39 is 15.6 Å². The van der Waals surface area contributed by atoms with Crippen molar-refractivity contribution in [3.05, 3.63) is 36.9 Å². The van der Waals surface area contributed by atoms with Gasteiger partial charge in [-0.3, -0.25) is 9.35 Å². The smallest absolute Gasteiger partial charge is 0.306 e. The van der Waals surface area contributed by atoms with Crippen LogP contribution in [0.5, 0.6) is 0 Å². The average Bonchev–Trinajstić information content (AvgIpc) is 2.93. The highest BCUT2D eigenvalue weighted by molar-refractivity contribution is 7.86. The van der Waals surface area contributed by atoms with Gasteiger partial charge >= 0.3 is 10.1 Å². The maximum Gasteiger partial charge on any atom is 0.306 e. The fourth-order valence-corrected chi connectivity index (χ4v) is 4.20. The summed E-state index contributed by atoms with van der Waals surface area (Å²) in [5.74, 6) is -0.375. The Morgan fingerprint density at radius 2 is 1.80 bits per heavy atom. The van der Waals surface area contributed by atoms with Crippen molar-refractivity contribution in [2.45, 2.75) is 5.50 Å². The predicted octanol–water partition coefficient (Wildman–Crippen LogP) is 0.529. The van der Waals surface area contributed by atoms with Crippen LogP contribution in [0.1, 0.15) is 0 Å². The van der Waals surface area contributed by atoms with Gasteiger partial charge in [0.1, 0.15) is 6.54 Å². The number of benzene rings is 1. The standard InChI is InChI=1S/C16H21N3O5S/c1-2-7-18-15(20)12-19(16(18)25(21,22)23)14-5-3-13(4-6-14)17-8-10-24-11-9-17/h2-6,16H,1,7-12H2,(H,21,22,23). The van der Waals surface area contributed by atoms with E-state index in [-0.39, 0.29) is 19.0 Å². The summed E-state index contributed by atoms with van der Waals surface area (Å²) in [7, 11) is -4.48. The van der Waals surface area contributed by atoms with Gasteiger partial charge < -0.3 is 19.4 Å². The van der Waals surface area contributed by atoms with Crippen LogP contribution in [-0.2, 0) is 19.6 Å². The minimum atomic E-state index is -4.48. The van der Waals surface area contributed by atoms with E-state index >= 15 is 0 Å². The summed E-state index contributed by atoms with van der Waals surface area (Å²) in [5.41, 5.74) is 0.121. The zero-order valence-corrected chi connectivity index (χ0v) is 14.6. The minimum Gasteiger partial charge on any atom is -0.378 e. The lowest BCUT2D eigenvalue weighted by Gasteiger charge is -2.30. The normalized spacial score (nSPS) is 21.7. The van der Waals surface area contributed by atoms with Crippen LogP contribution < -0.4 is 9.80 Å². The van der Waals surface area contributed by atoms with Crippen molar-refractivity contribution in [2.24, 2.45) is 0 Å². The zero-order chi connectivity index (χ0) is 18.0. The van der Waals surface area contributed by atoms with E-state index in [1.807, 2.05) is 12.1 Å². The molecule has 1 unspecified atom stereocenters. The number of carbonyl (C=O) groups is 1. The lowest BCUT2D eigenvalue weighted by Crippen LogP contribution is -2.45. The highest BCUT2D eigenvalue weighted by Gasteiger charge is 2.45. The summed E-state index contributed by atoms with van der Waals surface area (Å²) in [5, 5.41) is 0. The van der Waals surface area contributed by atoms with E-state index in [2.05, 4.69) is 11.5 Å². The van der Waals surface area contributed by atoms with Crippen LogP contribution in [-0.4, -0.2) is 68.7 Å². The third-order valence-electron chi connectivity index (χ3n) is 4.31. The van der Waals surface area contributed by atoms with Gasteiger partial charge in [0.15, 0.2) is 0 Å². The summed E-state index contributed by atoms with van der Waals surface area (Å²) in [6.45, 7) is 6.39. The molecule has 1 atom stereocenters. The van der Waals surface area contributed by atoms with Crippen LogP contribution >= 0.6 is 0 Å². The van der Waals surface area contributed by atoms with Crippen molar-refractivity contribution >= 4 is 27.4 Å². The molecule has 0 aliphatic carbocycles. The highest BCUT2D eigenvalue weighted by Crippen LogP contribution is 2.29. The van der Waals surface area contributed by atoms with Gasteiger partial charge in [-0.2, -0.15) is 8.42 Å². The van der Waals surface area contributed by atoms with E-state index in [9.17, 15) is 17.8 Å². The van der Waals surface area contributed by atoms with Gasteiger partial charge in [0.2, 0.25) is 11.4 Å². The molecule has 1 aromatic carbocycles. The SMILES string of the molecule is C=CCN1C(=O)CN(c2ccc(N3CCOCC3)cc2)C1S(=O)(=O)O. The van der Waals surface area contributed by atoms with Gasteiger partial charge in [-0.25, -0.2) is 0 Å². The Labute approximate surface area is 147 Å². The third kappa shape index (κ3) is 3.63. The van der Waals surface area contributed by atoms with Crippen LogP contribution in [0.2, 0.25) is 0 Å². The van der Waals surface area contributed by atoms with E-state index in [1.165, 1.54) is 11.0 Å². The Balaban J connectivity index is 1.86. The second-order valence-corrected chi connectivity index (χ2v) is 7.37. The van der Waals surface area contributed by atoms with Gasteiger partial charge in [0.05, 0.1) is 13.2 Å². The zero-order valence-electron chi connectivity index (χ0n) is 13.7. The molecule has 1 amide bonds. The molecule has 8 nitrogen and oxygen atoms in total. The molecule has 0 spiro atoms. The molecule has 1 aromatic rings.